The third-order valence-electron chi connectivity index (χ3n) is 4.38. The van der Waals surface area contributed by atoms with Crippen LogP contribution in [-0.2, 0) is 14.6 Å². The molecule has 1 aliphatic rings. The molecule has 0 radical (unpaired) electrons. The van der Waals surface area contributed by atoms with Gasteiger partial charge >= 0.3 is 0 Å². The number of thiazole rings is 1. The van der Waals surface area contributed by atoms with E-state index in [1.807, 2.05) is 12.1 Å². The molecule has 0 bridgehead atoms. The molecule has 9 heteroatoms. The third kappa shape index (κ3) is 3.72. The number of carbonyl (C=O) groups excluding carboxylic acids is 1. The Kier molecular flexibility index (Phi) is 5.15. The van der Waals surface area contributed by atoms with Crippen LogP contribution in [0.5, 0.6) is 0 Å². The minimum atomic E-state index is -3.55. The third-order valence-corrected chi connectivity index (χ3v) is 7.39. The number of carbonyl (C=O) groups is 1. The van der Waals surface area contributed by atoms with Crippen LogP contribution >= 0.6 is 22.9 Å². The second-order valence-electron chi connectivity index (χ2n) is 6.02. The Hall–Kier alpha value is -1.48. The Bertz CT molecular complexity index is 890. The summed E-state index contributed by atoms with van der Waals surface area (Å²) in [5.74, 6) is -0.511. The number of hydrogen-bond donors (Lipinski definition) is 2. The maximum absolute atomic E-state index is 12.8. The Morgan fingerprint density at radius 3 is 2.72 bits per heavy atom. The zero-order valence-electron chi connectivity index (χ0n) is 13.6. The molecule has 0 unspecified atom stereocenters. The average Bonchev–Trinajstić information content (AvgIpc) is 3.03. The minimum absolute atomic E-state index is 0.254. The normalized spacial score (nSPS) is 17.2. The number of nitrogens with one attached hydrogen (secondary N) is 2. The first-order valence-electron chi connectivity index (χ1n) is 7.75. The van der Waals surface area contributed by atoms with Crippen molar-refractivity contribution in [3.8, 4) is 11.3 Å². The van der Waals surface area contributed by atoms with E-state index in [0.717, 1.165) is 11.8 Å². The first kappa shape index (κ1) is 18.3. The predicted octanol–water partition coefficient (Wildman–Crippen LogP) is 2.57. The van der Waals surface area contributed by atoms with Crippen LogP contribution in [0.3, 0.4) is 0 Å². The van der Waals surface area contributed by atoms with Crippen molar-refractivity contribution in [2.45, 2.75) is 17.6 Å². The van der Waals surface area contributed by atoms with E-state index in [1.165, 1.54) is 11.3 Å². The second-order valence-corrected chi connectivity index (χ2v) is 9.64. The summed E-state index contributed by atoms with van der Waals surface area (Å²) in [4.78, 5) is 17.2. The van der Waals surface area contributed by atoms with Crippen molar-refractivity contribution in [1.29, 1.82) is 0 Å². The number of sulfone groups is 1. The van der Waals surface area contributed by atoms with Gasteiger partial charge in [0.2, 0.25) is 5.91 Å². The van der Waals surface area contributed by atoms with E-state index in [2.05, 4.69) is 15.6 Å². The zero-order valence-corrected chi connectivity index (χ0v) is 16.0. The average molecular weight is 400 g/mol. The maximum atomic E-state index is 12.8. The van der Waals surface area contributed by atoms with Gasteiger partial charge in [-0.2, -0.15) is 0 Å². The van der Waals surface area contributed by atoms with Gasteiger partial charge in [0.25, 0.3) is 0 Å². The minimum Gasteiger partial charge on any atom is -0.317 e. The summed E-state index contributed by atoms with van der Waals surface area (Å²) in [5.41, 5.74) is 1.52. The Balaban J connectivity index is 1.83. The number of benzene rings is 1. The fourth-order valence-electron chi connectivity index (χ4n) is 2.92. The Labute approximate surface area is 155 Å². The van der Waals surface area contributed by atoms with Crippen LogP contribution in [0.25, 0.3) is 11.3 Å². The number of rotatable bonds is 4. The number of amides is 1. The standard InChI is InChI=1S/C16H18ClN3O3S2/c1-25(22,23)16(5-7-18-8-6-16)14(21)20-15-19-13(10-24-15)11-3-2-4-12(17)9-11/h2-4,9-10,18H,5-8H2,1H3,(H,19,20,21). The second kappa shape index (κ2) is 7.03. The SMILES string of the molecule is CS(=O)(=O)C1(C(=O)Nc2nc(-c3cccc(Cl)c3)cs2)CCNCC1. The lowest BCUT2D eigenvalue weighted by atomic mass is 9.96. The summed E-state index contributed by atoms with van der Waals surface area (Å²) in [7, 11) is -3.55. The predicted molar refractivity (Wildman–Crippen MR) is 101 cm³/mol. The van der Waals surface area contributed by atoms with Crippen LogP contribution < -0.4 is 10.6 Å². The van der Waals surface area contributed by atoms with Gasteiger partial charge in [0.15, 0.2) is 19.7 Å². The van der Waals surface area contributed by atoms with Crippen molar-refractivity contribution in [2.75, 3.05) is 24.7 Å². The molecule has 1 amide bonds. The number of piperidine rings is 1. The van der Waals surface area contributed by atoms with E-state index in [1.54, 1.807) is 17.5 Å². The molecule has 2 heterocycles. The first-order chi connectivity index (χ1) is 11.8. The van der Waals surface area contributed by atoms with Crippen molar-refractivity contribution < 1.29 is 13.2 Å². The number of hydrogen-bond acceptors (Lipinski definition) is 6. The maximum Gasteiger partial charge on any atom is 0.247 e. The molecule has 3 rings (SSSR count). The highest BCUT2D eigenvalue weighted by atomic mass is 35.5. The quantitative estimate of drug-likeness (QED) is 0.824. The molecular formula is C16H18ClN3O3S2. The van der Waals surface area contributed by atoms with Gasteiger partial charge in [0.05, 0.1) is 5.69 Å². The molecule has 25 heavy (non-hydrogen) atoms. The lowest BCUT2D eigenvalue weighted by molar-refractivity contribution is -0.119. The van der Waals surface area contributed by atoms with Crippen LogP contribution in [0, 0.1) is 0 Å². The molecule has 1 aliphatic heterocycles. The molecule has 0 atom stereocenters. The zero-order chi connectivity index (χ0) is 18.1. The monoisotopic (exact) mass is 399 g/mol. The van der Waals surface area contributed by atoms with Crippen molar-refractivity contribution in [3.05, 3.63) is 34.7 Å². The molecule has 0 spiro atoms. The summed E-state index contributed by atoms with van der Waals surface area (Å²) >= 11 is 7.24. The van der Waals surface area contributed by atoms with E-state index in [4.69, 9.17) is 11.6 Å². The number of halogens is 1. The molecule has 134 valence electrons. The molecule has 1 fully saturated rings. The van der Waals surface area contributed by atoms with E-state index in [9.17, 15) is 13.2 Å². The highest BCUT2D eigenvalue weighted by molar-refractivity contribution is 7.92. The van der Waals surface area contributed by atoms with Crippen molar-refractivity contribution in [2.24, 2.45) is 0 Å². The van der Waals surface area contributed by atoms with Gasteiger partial charge in [-0.25, -0.2) is 13.4 Å². The van der Waals surface area contributed by atoms with Gasteiger partial charge in [0.1, 0.15) is 0 Å². The Morgan fingerprint density at radius 1 is 1.36 bits per heavy atom. The Morgan fingerprint density at radius 2 is 2.08 bits per heavy atom. The molecule has 1 aromatic heterocycles. The smallest absolute Gasteiger partial charge is 0.247 e. The van der Waals surface area contributed by atoms with Crippen LogP contribution in [-0.4, -0.2) is 43.4 Å². The van der Waals surface area contributed by atoms with Gasteiger partial charge in [0, 0.05) is 22.2 Å². The lowest BCUT2D eigenvalue weighted by Gasteiger charge is -2.33. The van der Waals surface area contributed by atoms with E-state index in [0.29, 0.717) is 28.9 Å². The van der Waals surface area contributed by atoms with Gasteiger partial charge in [-0.3, -0.25) is 4.79 Å². The number of nitrogens with zero attached hydrogens (tertiary/aromatic N) is 1. The lowest BCUT2D eigenvalue weighted by Crippen LogP contribution is -2.55. The van der Waals surface area contributed by atoms with Crippen LogP contribution in [0.15, 0.2) is 29.6 Å². The largest absolute Gasteiger partial charge is 0.317 e. The van der Waals surface area contributed by atoms with Crippen molar-refractivity contribution in [1.82, 2.24) is 10.3 Å². The summed E-state index contributed by atoms with van der Waals surface area (Å²) < 4.78 is 23.2. The fraction of sp³-hybridized carbons (Fsp3) is 0.375. The van der Waals surface area contributed by atoms with Gasteiger partial charge < -0.3 is 10.6 Å². The molecule has 1 saturated heterocycles. The number of anilines is 1. The topological polar surface area (TPSA) is 88.2 Å². The molecular weight excluding hydrogens is 382 g/mol. The van der Waals surface area contributed by atoms with Crippen LogP contribution in [0.1, 0.15) is 12.8 Å². The molecule has 2 aromatic rings. The summed E-state index contributed by atoms with van der Waals surface area (Å²) in [6.07, 6.45) is 1.63. The van der Waals surface area contributed by atoms with Crippen LogP contribution in [0.2, 0.25) is 5.02 Å². The molecule has 0 aliphatic carbocycles. The highest BCUT2D eigenvalue weighted by Gasteiger charge is 2.48. The fourth-order valence-corrected chi connectivity index (χ4v) is 5.16. The van der Waals surface area contributed by atoms with Gasteiger partial charge in [-0.15, -0.1) is 11.3 Å². The number of aromatic nitrogens is 1. The van der Waals surface area contributed by atoms with E-state index in [-0.39, 0.29) is 12.8 Å². The van der Waals surface area contributed by atoms with Crippen molar-refractivity contribution >= 4 is 43.8 Å². The highest BCUT2D eigenvalue weighted by Crippen LogP contribution is 2.31. The molecule has 1 aromatic carbocycles. The first-order valence-corrected chi connectivity index (χ1v) is 10.9. The van der Waals surface area contributed by atoms with Crippen molar-refractivity contribution in [3.63, 3.8) is 0 Å². The summed E-state index contributed by atoms with van der Waals surface area (Å²) in [5, 5.41) is 8.56. The summed E-state index contributed by atoms with van der Waals surface area (Å²) in [6.45, 7) is 0.984. The summed E-state index contributed by atoms with van der Waals surface area (Å²) in [6, 6.07) is 7.25. The van der Waals surface area contributed by atoms with E-state index >= 15 is 0 Å². The molecule has 6 nitrogen and oxygen atoms in total. The molecule has 2 N–H and O–H groups in total. The van der Waals surface area contributed by atoms with Crippen LogP contribution in [0.4, 0.5) is 5.13 Å². The van der Waals surface area contributed by atoms with Gasteiger partial charge in [-0.1, -0.05) is 23.7 Å². The van der Waals surface area contributed by atoms with Gasteiger partial charge in [-0.05, 0) is 38.1 Å². The van der Waals surface area contributed by atoms with E-state index < -0.39 is 20.5 Å². The molecule has 0 saturated carbocycles.